The summed E-state index contributed by atoms with van der Waals surface area (Å²) < 4.78 is 0.885. The van der Waals surface area contributed by atoms with Crippen LogP contribution in [0.1, 0.15) is 82.1 Å². The number of carbonyl (C=O) groups is 1. The molecule has 9 heteroatoms. The lowest BCUT2D eigenvalue weighted by Gasteiger charge is -2.24. The van der Waals surface area contributed by atoms with Crippen molar-refractivity contribution in [2.75, 3.05) is 29.1 Å². The molecule has 40 heavy (non-hydrogen) atoms. The van der Waals surface area contributed by atoms with Gasteiger partial charge in [0.25, 0.3) is 5.91 Å². The summed E-state index contributed by atoms with van der Waals surface area (Å²) >= 11 is 3.04. The van der Waals surface area contributed by atoms with Crippen LogP contribution in [0.2, 0.25) is 0 Å². The molecule has 0 aromatic heterocycles. The smallest absolute Gasteiger partial charge is 0.255 e. The van der Waals surface area contributed by atoms with Gasteiger partial charge in [-0.3, -0.25) is 4.79 Å². The summed E-state index contributed by atoms with van der Waals surface area (Å²) in [5.74, 6) is 7.15. The Morgan fingerprint density at radius 2 is 1.80 bits per heavy atom. The number of thioether (sulfide) groups is 2. The van der Waals surface area contributed by atoms with Gasteiger partial charge in [-0.15, -0.1) is 22.0 Å². The van der Waals surface area contributed by atoms with Crippen LogP contribution in [0, 0.1) is 12.8 Å². The maximum atomic E-state index is 13.2. The molecule has 1 amide bonds. The van der Waals surface area contributed by atoms with Crippen LogP contribution in [0.5, 0.6) is 0 Å². The van der Waals surface area contributed by atoms with Crippen molar-refractivity contribution >= 4 is 51.7 Å². The lowest BCUT2D eigenvalue weighted by atomic mass is 10.0. The molecule has 0 saturated heterocycles. The molecule has 3 N–H and O–H groups in total. The zero-order valence-electron chi connectivity index (χ0n) is 24.8. The van der Waals surface area contributed by atoms with Crippen molar-refractivity contribution in [3.05, 3.63) is 64.4 Å². The van der Waals surface area contributed by atoms with E-state index < -0.39 is 0 Å². The molecule has 0 aliphatic heterocycles. The van der Waals surface area contributed by atoms with Crippen LogP contribution in [0.15, 0.2) is 68.6 Å². The first-order valence-electron chi connectivity index (χ1n) is 14.3. The summed E-state index contributed by atoms with van der Waals surface area (Å²) in [6, 6.07) is 13.4. The number of hydrogen-bond donors (Lipinski definition) is 2. The van der Waals surface area contributed by atoms with Gasteiger partial charge in [-0.05, 0) is 73.7 Å². The van der Waals surface area contributed by atoms with Gasteiger partial charge in [0, 0.05) is 34.3 Å². The number of hydrazone groups is 1. The molecule has 0 radical (unpaired) electrons. The molecule has 1 atom stereocenters. The minimum Gasteiger partial charge on any atom is -0.371 e. The largest absolute Gasteiger partial charge is 0.371 e. The number of amidine groups is 1. The number of anilines is 2. The van der Waals surface area contributed by atoms with Crippen molar-refractivity contribution in [3.63, 3.8) is 0 Å². The van der Waals surface area contributed by atoms with Crippen molar-refractivity contribution in [2.24, 2.45) is 27.1 Å². The van der Waals surface area contributed by atoms with Crippen LogP contribution in [0.3, 0.4) is 0 Å². The number of hydrogen-bond acceptors (Lipinski definition) is 7. The Bertz CT molecular complexity index is 1140. The van der Waals surface area contributed by atoms with Crippen LogP contribution < -0.4 is 16.1 Å². The molecule has 0 saturated carbocycles. The Morgan fingerprint density at radius 3 is 2.42 bits per heavy atom. The number of benzene rings is 2. The highest BCUT2D eigenvalue weighted by atomic mass is 32.2. The maximum Gasteiger partial charge on any atom is 0.255 e. The van der Waals surface area contributed by atoms with E-state index in [1.807, 2.05) is 49.4 Å². The van der Waals surface area contributed by atoms with E-state index in [4.69, 9.17) is 5.84 Å². The van der Waals surface area contributed by atoms with Crippen molar-refractivity contribution in [1.82, 2.24) is 0 Å². The molecular weight excluding hydrogens is 537 g/mol. The number of nitrogens with zero attached hydrogens (tertiary/aromatic N) is 4. The molecule has 2 aromatic carbocycles. The first-order chi connectivity index (χ1) is 19.4. The van der Waals surface area contributed by atoms with Gasteiger partial charge >= 0.3 is 0 Å². The third kappa shape index (κ3) is 11.0. The number of rotatable bonds is 16. The predicted octanol–water partition coefficient (Wildman–Crippen LogP) is 9.34. The molecule has 0 spiro atoms. The SMILES string of the molecule is C=C(SCC(CC)CCCC)S/C(N=Nc1ccc(N(CCC)CCC)cc1NC(=O)c1ccccc1C)=N\N. The fourth-order valence-corrected chi connectivity index (χ4v) is 6.07. The molecule has 0 aliphatic rings. The summed E-state index contributed by atoms with van der Waals surface area (Å²) in [5.41, 5.74) is 3.67. The summed E-state index contributed by atoms with van der Waals surface area (Å²) in [7, 11) is 0. The highest BCUT2D eigenvalue weighted by Crippen LogP contribution is 2.34. The van der Waals surface area contributed by atoms with E-state index in [-0.39, 0.29) is 5.91 Å². The summed E-state index contributed by atoms with van der Waals surface area (Å²) in [6.45, 7) is 16.7. The fraction of sp³-hybridized carbons (Fsp3) is 0.484. The second kappa shape index (κ2) is 18.5. The van der Waals surface area contributed by atoms with E-state index in [9.17, 15) is 4.79 Å². The minimum atomic E-state index is -0.190. The maximum absolute atomic E-state index is 13.2. The fourth-order valence-electron chi connectivity index (χ4n) is 4.24. The van der Waals surface area contributed by atoms with E-state index in [1.54, 1.807) is 11.8 Å². The van der Waals surface area contributed by atoms with Crippen LogP contribution >= 0.6 is 23.5 Å². The number of azo groups is 1. The second-order valence-corrected chi connectivity index (χ2v) is 12.2. The molecule has 7 nitrogen and oxygen atoms in total. The Morgan fingerprint density at radius 1 is 1.07 bits per heavy atom. The van der Waals surface area contributed by atoms with Gasteiger partial charge in [0.05, 0.1) is 5.69 Å². The molecule has 0 aliphatic carbocycles. The molecule has 0 bridgehead atoms. The first-order valence-corrected chi connectivity index (χ1v) is 16.1. The van der Waals surface area contributed by atoms with E-state index in [0.29, 0.717) is 28.0 Å². The third-order valence-electron chi connectivity index (χ3n) is 6.55. The van der Waals surface area contributed by atoms with Gasteiger partial charge in [0.15, 0.2) is 0 Å². The Hall–Kier alpha value is -2.78. The number of unbranched alkanes of at least 4 members (excludes halogenated alkanes) is 1. The normalized spacial score (nSPS) is 12.5. The number of nitrogens with two attached hydrogens (primary N) is 1. The van der Waals surface area contributed by atoms with Crippen LogP contribution in [-0.4, -0.2) is 29.9 Å². The Balaban J connectivity index is 2.26. The van der Waals surface area contributed by atoms with E-state index in [1.165, 1.54) is 31.0 Å². The summed E-state index contributed by atoms with van der Waals surface area (Å²) in [5, 5.41) is 16.0. The van der Waals surface area contributed by atoms with Gasteiger partial charge in [0.1, 0.15) is 5.69 Å². The highest BCUT2D eigenvalue weighted by Gasteiger charge is 2.15. The highest BCUT2D eigenvalue weighted by molar-refractivity contribution is 8.29. The van der Waals surface area contributed by atoms with Crippen molar-refractivity contribution in [1.29, 1.82) is 0 Å². The average Bonchev–Trinajstić information content (AvgIpc) is 2.95. The molecular formula is C31H46N6OS2. The topological polar surface area (TPSA) is 95.4 Å². The second-order valence-electron chi connectivity index (χ2n) is 9.77. The number of amides is 1. The van der Waals surface area contributed by atoms with Gasteiger partial charge in [-0.1, -0.05) is 71.7 Å². The van der Waals surface area contributed by atoms with Crippen molar-refractivity contribution < 1.29 is 4.79 Å². The molecule has 2 aromatic rings. The zero-order valence-corrected chi connectivity index (χ0v) is 26.4. The molecule has 218 valence electrons. The summed E-state index contributed by atoms with van der Waals surface area (Å²) in [4.78, 5) is 15.5. The van der Waals surface area contributed by atoms with Crippen molar-refractivity contribution in [2.45, 2.75) is 73.1 Å². The van der Waals surface area contributed by atoms with Crippen molar-refractivity contribution in [3.8, 4) is 0 Å². The van der Waals surface area contributed by atoms with Gasteiger partial charge in [0.2, 0.25) is 5.17 Å². The van der Waals surface area contributed by atoms with Crippen LogP contribution in [0.25, 0.3) is 0 Å². The first kappa shape index (κ1) is 33.4. The lowest BCUT2D eigenvalue weighted by molar-refractivity contribution is 0.102. The molecule has 2 rings (SSSR count). The third-order valence-corrected chi connectivity index (χ3v) is 8.71. The quantitative estimate of drug-likeness (QED) is 0.0676. The van der Waals surface area contributed by atoms with Gasteiger partial charge < -0.3 is 16.1 Å². The molecule has 0 fully saturated rings. The van der Waals surface area contributed by atoms with Gasteiger partial charge in [-0.25, -0.2) is 0 Å². The number of aryl methyl sites for hydroxylation is 1. The van der Waals surface area contributed by atoms with Crippen LogP contribution in [0.4, 0.5) is 17.1 Å². The number of carbonyl (C=O) groups excluding carboxylic acids is 1. The van der Waals surface area contributed by atoms with Crippen LogP contribution in [-0.2, 0) is 0 Å². The number of nitrogens with one attached hydrogen (secondary N) is 1. The lowest BCUT2D eigenvalue weighted by Crippen LogP contribution is -2.25. The Labute approximate surface area is 249 Å². The summed E-state index contributed by atoms with van der Waals surface area (Å²) in [6.07, 6.45) is 6.90. The van der Waals surface area contributed by atoms with E-state index in [0.717, 1.165) is 53.6 Å². The monoisotopic (exact) mass is 582 g/mol. The zero-order chi connectivity index (χ0) is 29.3. The molecule has 1 unspecified atom stereocenters. The average molecular weight is 583 g/mol. The Kier molecular flexibility index (Phi) is 15.5. The van der Waals surface area contributed by atoms with Gasteiger partial charge in [-0.2, -0.15) is 5.10 Å². The standard InChI is InChI=1S/C31H46N6OS2/c1-7-11-15-25(10-4)22-39-24(6)40-31(34-32)36-35-28-18-17-26(37(19-8-2)20-9-3)21-29(28)33-30(38)27-16-13-12-14-23(27)5/h12-14,16-18,21,25H,6-11,15,19-20,22,32H2,1-5H3,(H,33,38)/b34-31-,36-35?. The van der Waals surface area contributed by atoms with E-state index in [2.05, 4.69) is 59.8 Å². The van der Waals surface area contributed by atoms with E-state index >= 15 is 0 Å². The molecule has 0 heterocycles. The predicted molar refractivity (Wildman–Crippen MR) is 177 cm³/mol. The minimum absolute atomic E-state index is 0.190.